The van der Waals surface area contributed by atoms with E-state index in [9.17, 15) is 4.79 Å². The van der Waals surface area contributed by atoms with Gasteiger partial charge in [0.15, 0.2) is 13.9 Å². The average Bonchev–Trinajstić information content (AvgIpc) is 2.79. The quantitative estimate of drug-likeness (QED) is 0.216. The lowest BCUT2D eigenvalue weighted by Gasteiger charge is -2.59. The summed E-state index contributed by atoms with van der Waals surface area (Å²) in [4.78, 5) is 12.3. The van der Waals surface area contributed by atoms with Crippen molar-refractivity contribution in [1.82, 2.24) is 0 Å². The monoisotopic (exact) mass is 488 g/mol. The fraction of sp³-hybridized carbons (Fsp3) is 0.958. The van der Waals surface area contributed by atoms with Gasteiger partial charge in [-0.2, -0.15) is 0 Å². The molecule has 0 amide bonds. The number of ether oxygens (including phenoxy) is 6. The van der Waals surface area contributed by atoms with Crippen molar-refractivity contribution >= 4 is 14.3 Å². The van der Waals surface area contributed by atoms with E-state index < -0.39 is 37.5 Å². The first-order chi connectivity index (χ1) is 14.9. The zero-order chi connectivity index (χ0) is 25.1. The third-order valence-corrected chi connectivity index (χ3v) is 12.0. The van der Waals surface area contributed by atoms with Gasteiger partial charge in [0.1, 0.15) is 19.0 Å². The third-order valence-electron chi connectivity index (χ3n) is 7.54. The van der Waals surface area contributed by atoms with E-state index in [1.54, 1.807) is 7.11 Å². The molecule has 0 aromatic carbocycles. The Morgan fingerprint density at radius 2 is 1.79 bits per heavy atom. The van der Waals surface area contributed by atoms with Gasteiger partial charge in [0.05, 0.1) is 18.3 Å². The molecule has 1 aliphatic carbocycles. The van der Waals surface area contributed by atoms with Crippen molar-refractivity contribution in [2.45, 2.75) is 122 Å². The van der Waals surface area contributed by atoms with E-state index in [1.807, 2.05) is 20.8 Å². The van der Waals surface area contributed by atoms with Crippen molar-refractivity contribution in [3.8, 4) is 0 Å². The Labute approximate surface area is 200 Å². The van der Waals surface area contributed by atoms with Crippen LogP contribution in [0, 0.1) is 5.41 Å². The lowest BCUT2D eigenvalue weighted by atomic mass is 9.60. The van der Waals surface area contributed by atoms with Gasteiger partial charge in [-0.1, -0.05) is 27.7 Å². The van der Waals surface area contributed by atoms with E-state index in [-0.39, 0.29) is 36.1 Å². The number of methoxy groups -OCH3 is 1. The molecule has 2 heterocycles. The predicted octanol–water partition coefficient (Wildman–Crippen LogP) is 4.37. The molecule has 0 aromatic heterocycles. The maximum Gasteiger partial charge on any atom is 0.303 e. The number of hydrogen-bond donors (Lipinski definition) is 0. The van der Waals surface area contributed by atoms with E-state index in [1.165, 1.54) is 6.92 Å². The Morgan fingerprint density at radius 3 is 2.30 bits per heavy atom. The standard InChI is InChI=1S/C24H44O8Si/c1-16(25)28-19-22(8)13-24(32-33(10,11)21(5,6)7)30-18(12-17(22)29-20(2,3)4)23(19,31-24)14-27-15-26-9/h17-19H,12-15H2,1-11H3/t17-,18+,19+,22+,23-,24?/m0/s1. The molecular weight excluding hydrogens is 444 g/mol. The first-order valence-electron chi connectivity index (χ1n) is 11.9. The SMILES string of the molecule is COCOC[C@]12OC3(O[Si](C)(C)C(C)(C)C)C[C@](C)([C@@H](OC(C)(C)C)C[C@H]1O3)[C@H]2OC(C)=O. The van der Waals surface area contributed by atoms with Crippen LogP contribution in [0.5, 0.6) is 0 Å². The van der Waals surface area contributed by atoms with Crippen molar-refractivity contribution in [2.24, 2.45) is 5.41 Å². The Morgan fingerprint density at radius 1 is 1.15 bits per heavy atom. The zero-order valence-corrected chi connectivity index (χ0v) is 23.3. The van der Waals surface area contributed by atoms with Crippen molar-refractivity contribution in [2.75, 3.05) is 20.5 Å². The molecule has 3 rings (SSSR count). The number of carbonyl (C=O) groups excluding carboxylic acids is 1. The van der Waals surface area contributed by atoms with Crippen LogP contribution >= 0.6 is 0 Å². The molecule has 0 radical (unpaired) electrons. The molecule has 3 fully saturated rings. The van der Waals surface area contributed by atoms with Gasteiger partial charge in [-0.15, -0.1) is 0 Å². The van der Waals surface area contributed by atoms with E-state index >= 15 is 0 Å². The van der Waals surface area contributed by atoms with Crippen LogP contribution in [0.1, 0.15) is 68.2 Å². The van der Waals surface area contributed by atoms with E-state index in [0.29, 0.717) is 12.8 Å². The topological polar surface area (TPSA) is 81.7 Å². The van der Waals surface area contributed by atoms with Crippen molar-refractivity contribution in [3.63, 3.8) is 0 Å². The van der Waals surface area contributed by atoms with Crippen molar-refractivity contribution in [1.29, 1.82) is 0 Å². The molecular formula is C24H44O8Si. The second-order valence-corrected chi connectivity index (χ2v) is 17.3. The molecule has 2 aliphatic heterocycles. The summed E-state index contributed by atoms with van der Waals surface area (Å²) in [7, 11) is -0.712. The minimum Gasteiger partial charge on any atom is -0.459 e. The van der Waals surface area contributed by atoms with Crippen LogP contribution in [0.2, 0.25) is 18.1 Å². The summed E-state index contributed by atoms with van der Waals surface area (Å²) in [5.41, 5.74) is -2.00. The molecule has 6 atom stereocenters. The van der Waals surface area contributed by atoms with Gasteiger partial charge >= 0.3 is 5.97 Å². The molecule has 192 valence electrons. The number of fused-ring (bicyclic) bond motifs is 2. The van der Waals surface area contributed by atoms with Gasteiger partial charge in [-0.25, -0.2) is 0 Å². The summed E-state index contributed by atoms with van der Waals surface area (Å²) < 4.78 is 43.7. The summed E-state index contributed by atoms with van der Waals surface area (Å²) in [6.45, 7) is 20.8. The van der Waals surface area contributed by atoms with E-state index in [4.69, 9.17) is 32.8 Å². The summed E-state index contributed by atoms with van der Waals surface area (Å²) >= 11 is 0. The van der Waals surface area contributed by atoms with Crippen LogP contribution in [0.4, 0.5) is 0 Å². The number of rotatable bonds is 8. The molecule has 3 bridgehead atoms. The molecule has 9 heteroatoms. The normalized spacial score (nSPS) is 38.6. The third kappa shape index (κ3) is 4.92. The summed E-state index contributed by atoms with van der Waals surface area (Å²) in [6.07, 6.45) is -0.273. The lowest BCUT2D eigenvalue weighted by molar-refractivity contribution is -0.379. The molecule has 0 spiro atoms. The Balaban J connectivity index is 2.09. The molecule has 3 aliphatic rings. The Bertz CT molecular complexity index is 744. The van der Waals surface area contributed by atoms with Gasteiger partial charge in [-0.05, 0) is 38.9 Å². The van der Waals surface area contributed by atoms with Crippen LogP contribution < -0.4 is 0 Å². The molecule has 8 nitrogen and oxygen atoms in total. The average molecular weight is 489 g/mol. The predicted molar refractivity (Wildman–Crippen MR) is 125 cm³/mol. The maximum atomic E-state index is 12.3. The highest BCUT2D eigenvalue weighted by atomic mass is 28.4. The maximum absolute atomic E-state index is 12.3. The van der Waals surface area contributed by atoms with Crippen LogP contribution in [-0.4, -0.2) is 70.3 Å². The second-order valence-electron chi connectivity index (χ2n) is 12.6. The molecule has 1 unspecified atom stereocenters. The van der Waals surface area contributed by atoms with Gasteiger partial charge in [-0.3, -0.25) is 4.79 Å². The highest BCUT2D eigenvalue weighted by Gasteiger charge is 2.78. The number of hydrogen-bond acceptors (Lipinski definition) is 8. The molecule has 0 N–H and O–H groups in total. The first-order valence-corrected chi connectivity index (χ1v) is 14.8. The second kappa shape index (κ2) is 8.53. The van der Waals surface area contributed by atoms with E-state index in [2.05, 4.69) is 40.8 Å². The summed E-state index contributed by atoms with van der Waals surface area (Å²) in [5.74, 6) is -1.62. The van der Waals surface area contributed by atoms with Gasteiger partial charge in [0.2, 0.25) is 0 Å². The van der Waals surface area contributed by atoms with Crippen molar-refractivity contribution in [3.05, 3.63) is 0 Å². The number of carbonyl (C=O) groups is 1. The van der Waals surface area contributed by atoms with E-state index in [0.717, 1.165) is 0 Å². The van der Waals surface area contributed by atoms with Crippen molar-refractivity contribution < 1.29 is 37.6 Å². The van der Waals surface area contributed by atoms with Crippen LogP contribution in [0.25, 0.3) is 0 Å². The minimum absolute atomic E-state index is 0.0414. The highest BCUT2D eigenvalue weighted by Crippen LogP contribution is 2.64. The Kier molecular flexibility index (Phi) is 6.99. The van der Waals surface area contributed by atoms with Gasteiger partial charge in [0, 0.05) is 32.3 Å². The fourth-order valence-electron chi connectivity index (χ4n) is 5.22. The first kappa shape index (κ1) is 27.0. The van der Waals surface area contributed by atoms with Crippen LogP contribution in [0.3, 0.4) is 0 Å². The van der Waals surface area contributed by atoms with Crippen LogP contribution in [0.15, 0.2) is 0 Å². The highest BCUT2D eigenvalue weighted by molar-refractivity contribution is 6.74. The molecule has 2 saturated heterocycles. The largest absolute Gasteiger partial charge is 0.459 e. The lowest BCUT2D eigenvalue weighted by Crippen LogP contribution is -2.72. The van der Waals surface area contributed by atoms with Gasteiger partial charge < -0.3 is 32.8 Å². The number of esters is 1. The van der Waals surface area contributed by atoms with Gasteiger partial charge in [0.25, 0.3) is 5.97 Å². The summed E-state index contributed by atoms with van der Waals surface area (Å²) in [5, 5.41) is -0.0414. The summed E-state index contributed by atoms with van der Waals surface area (Å²) in [6, 6.07) is 0. The fourth-order valence-corrected chi connectivity index (χ4v) is 6.47. The minimum atomic E-state index is -2.28. The van der Waals surface area contributed by atoms with Crippen LogP contribution in [-0.2, 0) is 37.6 Å². The molecule has 33 heavy (non-hydrogen) atoms. The molecule has 1 saturated carbocycles. The molecule has 0 aromatic rings. The smallest absolute Gasteiger partial charge is 0.303 e. The zero-order valence-electron chi connectivity index (χ0n) is 22.3. The Hall–Kier alpha value is -0.553.